The van der Waals surface area contributed by atoms with Gasteiger partial charge in [0.25, 0.3) is 0 Å². The predicted molar refractivity (Wildman–Crippen MR) is 335 cm³/mol. The summed E-state index contributed by atoms with van der Waals surface area (Å²) in [4.78, 5) is 2.60. The van der Waals surface area contributed by atoms with Gasteiger partial charge in [0.2, 0.25) is 0 Å². The van der Waals surface area contributed by atoms with Crippen LogP contribution in [0.15, 0.2) is 120 Å². The zero-order chi connectivity index (χ0) is 55.4. The van der Waals surface area contributed by atoms with Gasteiger partial charge in [0.05, 0.1) is 27.6 Å². The topological polar surface area (TPSA) is 26.2 Å². The minimum Gasteiger partial charge on any atom is -0.440 e. The number of rotatable bonds is 2. The summed E-state index contributed by atoms with van der Waals surface area (Å²) in [6.45, 7) is 49.0. The lowest BCUT2D eigenvalue weighted by molar-refractivity contribution is 0.552. The van der Waals surface area contributed by atoms with E-state index in [-0.39, 0.29) is 44.8 Å². The number of aromatic nitrogens is 2. The van der Waals surface area contributed by atoms with E-state index in [1.54, 1.807) is 0 Å². The molecule has 0 aliphatic carbocycles. The Bertz CT molecular complexity index is 4100. The second kappa shape index (κ2) is 16.1. The average molecular weight is 1020 g/mol. The van der Waals surface area contributed by atoms with Crippen LogP contribution in [0.1, 0.15) is 184 Å². The van der Waals surface area contributed by atoms with Crippen LogP contribution >= 0.6 is 0 Å². The van der Waals surface area contributed by atoms with Crippen molar-refractivity contribution < 1.29 is 4.42 Å². The highest BCUT2D eigenvalue weighted by Crippen LogP contribution is 2.53. The van der Waals surface area contributed by atoms with E-state index in [1.807, 2.05) is 0 Å². The maximum atomic E-state index is 7.71. The van der Waals surface area contributed by atoms with Crippen LogP contribution in [-0.4, -0.2) is 16.0 Å². The Morgan fingerprint density at radius 1 is 0.364 bits per heavy atom. The molecule has 0 spiro atoms. The van der Waals surface area contributed by atoms with Gasteiger partial charge in [-0.25, -0.2) is 0 Å². The van der Waals surface area contributed by atoms with E-state index in [2.05, 4.69) is 275 Å². The van der Waals surface area contributed by atoms with Crippen molar-refractivity contribution in [3.8, 4) is 22.5 Å². The van der Waals surface area contributed by atoms with Gasteiger partial charge >= 0.3 is 6.85 Å². The van der Waals surface area contributed by atoms with Gasteiger partial charge < -0.3 is 18.4 Å². The van der Waals surface area contributed by atoms with E-state index in [0.29, 0.717) is 0 Å². The highest BCUT2D eigenvalue weighted by Gasteiger charge is 2.48. The summed E-state index contributed by atoms with van der Waals surface area (Å²) in [5.41, 5.74) is 23.3. The van der Waals surface area contributed by atoms with Gasteiger partial charge in [-0.3, -0.25) is 0 Å². The molecule has 12 rings (SSSR count). The third-order valence-corrected chi connectivity index (χ3v) is 17.5. The fourth-order valence-electron chi connectivity index (χ4n) is 12.7. The molecule has 394 valence electrons. The molecule has 2 aliphatic rings. The number of nitrogens with zero attached hydrogens (tertiary/aromatic N) is 3. The monoisotopic (exact) mass is 1020 g/mol. The summed E-state index contributed by atoms with van der Waals surface area (Å²) in [7, 11) is 0. The fourth-order valence-corrected chi connectivity index (χ4v) is 12.7. The second-order valence-corrected chi connectivity index (χ2v) is 30.5. The molecule has 0 amide bonds. The van der Waals surface area contributed by atoms with Crippen LogP contribution in [0.2, 0.25) is 0 Å². The van der Waals surface area contributed by atoms with Crippen LogP contribution in [0.25, 0.3) is 77.1 Å². The largest absolute Gasteiger partial charge is 0.440 e. The second-order valence-electron chi connectivity index (χ2n) is 30.5. The first-order chi connectivity index (χ1) is 35.6. The highest BCUT2D eigenvalue weighted by molar-refractivity contribution is 6.93. The van der Waals surface area contributed by atoms with E-state index >= 15 is 0 Å². The molecule has 0 radical (unpaired) electrons. The number of hydrogen-bond acceptors (Lipinski definition) is 2. The molecule has 5 heterocycles. The van der Waals surface area contributed by atoms with Crippen LogP contribution in [0, 0.1) is 0 Å². The minimum atomic E-state index is -0.191. The summed E-state index contributed by atoms with van der Waals surface area (Å²) in [5, 5.41) is 6.30. The number of benzene rings is 7. The number of fused-ring (bicyclic) bond motifs is 12. The fraction of sp³-hybridized carbons (Fsp3) is 0.389. The predicted octanol–water partition coefficient (Wildman–Crippen LogP) is 18.9. The van der Waals surface area contributed by atoms with E-state index < -0.39 is 0 Å². The van der Waals surface area contributed by atoms with Crippen molar-refractivity contribution in [1.29, 1.82) is 0 Å². The number of anilines is 2. The lowest BCUT2D eigenvalue weighted by atomic mass is 9.43. The minimum absolute atomic E-state index is 0.00140. The molecule has 4 nitrogen and oxygen atoms in total. The molecule has 3 aromatic heterocycles. The van der Waals surface area contributed by atoms with Gasteiger partial charge in [0, 0.05) is 49.6 Å². The summed E-state index contributed by atoms with van der Waals surface area (Å²) >= 11 is 0. The molecule has 77 heavy (non-hydrogen) atoms. The lowest BCUT2D eigenvalue weighted by Gasteiger charge is -2.41. The van der Waals surface area contributed by atoms with Crippen molar-refractivity contribution in [1.82, 2.24) is 9.13 Å². The van der Waals surface area contributed by atoms with E-state index in [4.69, 9.17) is 4.42 Å². The first-order valence-electron chi connectivity index (χ1n) is 28.5. The van der Waals surface area contributed by atoms with Crippen LogP contribution in [-0.2, 0) is 37.9 Å². The molecule has 0 atom stereocenters. The van der Waals surface area contributed by atoms with Gasteiger partial charge in [0.1, 0.15) is 5.58 Å². The van der Waals surface area contributed by atoms with Crippen molar-refractivity contribution in [3.63, 3.8) is 0 Å². The SMILES string of the molecule is CC(C)(C)c1ccc(N2B3c4c(cc(C(C)(C)C)cc4-n4c5cc6c7cc(C(C)(C)C)ccc7n(-c7ccc(C(C)(C)C)cc7)c6cc5c5cc(C(C)(C)C)cc3c54)-c3c2oc2c(C(C)(C)C)cc(C(C)(C)C)cc32)cc1. The molecular weight excluding hydrogens is 934 g/mol. The van der Waals surface area contributed by atoms with E-state index in [1.165, 1.54) is 121 Å². The molecule has 0 unspecified atom stereocenters. The molecule has 0 N–H and O–H groups in total. The molecule has 0 fully saturated rings. The van der Waals surface area contributed by atoms with Crippen molar-refractivity contribution in [2.45, 2.75) is 183 Å². The molecule has 7 aromatic carbocycles. The summed E-state index contributed by atoms with van der Waals surface area (Å²) in [6, 6.07) is 46.2. The lowest BCUT2D eigenvalue weighted by Crippen LogP contribution is -2.60. The van der Waals surface area contributed by atoms with Gasteiger partial charge in [-0.15, -0.1) is 0 Å². The Morgan fingerprint density at radius 3 is 1.36 bits per heavy atom. The van der Waals surface area contributed by atoms with Crippen molar-refractivity contribution >= 4 is 83.9 Å². The number of hydrogen-bond donors (Lipinski definition) is 0. The Balaban J connectivity index is 1.28. The molecule has 2 aliphatic heterocycles. The Labute approximate surface area is 460 Å². The zero-order valence-corrected chi connectivity index (χ0v) is 50.3. The first-order valence-corrected chi connectivity index (χ1v) is 28.5. The van der Waals surface area contributed by atoms with E-state index in [9.17, 15) is 0 Å². The quantitative estimate of drug-likeness (QED) is 0.161. The standard InChI is InChI=1S/C72H82BN3O/c1-66(2,3)41-22-27-47(28-23-41)74-57-31-26-43(68(7,8)9)32-49(57)50-39-59-51(40-58(50)74)52-33-45(70(13,14)15)37-56-63(52)75(59)60-38-46(71(16,17)18)34-53-61-54-35-44(69(10,11)12)36-55(72(19,20)21)64(54)77-65(61)76(73(56)62(53)60)48-29-24-42(25-30-48)67(4,5)6/h22-40H,1-21H3. The molecule has 10 aromatic rings. The molecule has 5 heteroatoms. The normalized spacial score (nSPS) is 14.5. The molecule has 0 saturated heterocycles. The Hall–Kier alpha value is -6.46. The maximum Gasteiger partial charge on any atom is 0.336 e. The molecule has 0 bridgehead atoms. The number of furan rings is 1. The van der Waals surface area contributed by atoms with Crippen LogP contribution in [0.5, 0.6) is 0 Å². The smallest absolute Gasteiger partial charge is 0.336 e. The summed E-state index contributed by atoms with van der Waals surface area (Å²) in [6.07, 6.45) is 0. The van der Waals surface area contributed by atoms with Crippen LogP contribution in [0.3, 0.4) is 0 Å². The highest BCUT2D eigenvalue weighted by atomic mass is 16.4. The third kappa shape index (κ3) is 7.89. The Kier molecular flexibility index (Phi) is 10.7. The summed E-state index contributed by atoms with van der Waals surface area (Å²) in [5.74, 6) is 0.923. The van der Waals surface area contributed by atoms with Gasteiger partial charge in [-0.1, -0.05) is 194 Å². The average Bonchev–Trinajstić information content (AvgIpc) is 4.08. The van der Waals surface area contributed by atoms with Gasteiger partial charge in [-0.2, -0.15) is 0 Å². The van der Waals surface area contributed by atoms with Crippen LogP contribution < -0.4 is 15.7 Å². The first kappa shape index (κ1) is 51.3. The third-order valence-electron chi connectivity index (χ3n) is 17.5. The maximum absolute atomic E-state index is 7.71. The van der Waals surface area contributed by atoms with E-state index in [0.717, 1.165) is 17.2 Å². The Morgan fingerprint density at radius 2 is 0.818 bits per heavy atom. The van der Waals surface area contributed by atoms with Crippen molar-refractivity contribution in [2.24, 2.45) is 0 Å². The molecular formula is C72H82BN3O. The van der Waals surface area contributed by atoms with Gasteiger partial charge in [0.15, 0.2) is 5.88 Å². The van der Waals surface area contributed by atoms with Crippen LogP contribution in [0.4, 0.5) is 11.6 Å². The van der Waals surface area contributed by atoms with Gasteiger partial charge in [-0.05, 0) is 155 Å². The van der Waals surface area contributed by atoms with Crippen molar-refractivity contribution in [2.75, 3.05) is 4.81 Å². The zero-order valence-electron chi connectivity index (χ0n) is 50.3. The van der Waals surface area contributed by atoms with Crippen molar-refractivity contribution in [3.05, 3.63) is 154 Å². The summed E-state index contributed by atoms with van der Waals surface area (Å²) < 4.78 is 12.9. The molecule has 0 saturated carbocycles.